The van der Waals surface area contributed by atoms with Gasteiger partial charge in [0, 0.05) is 11.7 Å². The van der Waals surface area contributed by atoms with Crippen LogP contribution in [0.25, 0.3) is 0 Å². The van der Waals surface area contributed by atoms with Crippen LogP contribution in [0.5, 0.6) is 0 Å². The van der Waals surface area contributed by atoms with E-state index in [-0.39, 0.29) is 11.5 Å². The molecule has 0 fully saturated rings. The average molecular weight is 262 g/mol. The van der Waals surface area contributed by atoms with Crippen LogP contribution in [0.1, 0.15) is 40.2 Å². The lowest BCUT2D eigenvalue weighted by Gasteiger charge is -2.19. The van der Waals surface area contributed by atoms with Crippen LogP contribution in [-0.4, -0.2) is 17.9 Å². The Bertz CT molecular complexity index is 456. The van der Waals surface area contributed by atoms with E-state index in [1.807, 2.05) is 26.0 Å². The Kier molecular flexibility index (Phi) is 4.70. The minimum Gasteiger partial charge on any atom is -0.346 e. The van der Waals surface area contributed by atoms with E-state index in [2.05, 4.69) is 31.4 Å². The first kappa shape index (κ1) is 15.2. The minimum absolute atomic E-state index is 0.0542. The third-order valence-corrected chi connectivity index (χ3v) is 2.63. The lowest BCUT2D eigenvalue weighted by molar-refractivity contribution is -0.136. The average Bonchev–Trinajstić information content (AvgIpc) is 2.27. The predicted molar refractivity (Wildman–Crippen MR) is 77.1 cm³/mol. The fourth-order valence-electron chi connectivity index (χ4n) is 1.57. The van der Waals surface area contributed by atoms with Gasteiger partial charge in [-0.2, -0.15) is 0 Å². The second-order valence-electron chi connectivity index (χ2n) is 5.91. The highest BCUT2D eigenvalue weighted by atomic mass is 16.2. The minimum atomic E-state index is -0.641. The first-order valence-corrected chi connectivity index (χ1v) is 6.42. The van der Waals surface area contributed by atoms with Gasteiger partial charge in [-0.3, -0.25) is 9.59 Å². The summed E-state index contributed by atoms with van der Waals surface area (Å²) >= 11 is 0. The molecule has 0 radical (unpaired) electrons. The van der Waals surface area contributed by atoms with E-state index in [9.17, 15) is 9.59 Å². The van der Waals surface area contributed by atoms with Crippen LogP contribution in [0.3, 0.4) is 0 Å². The Labute approximate surface area is 114 Å². The molecule has 4 heteroatoms. The molecule has 0 unspecified atom stereocenters. The molecule has 4 nitrogen and oxygen atoms in total. The normalized spacial score (nSPS) is 11.3. The number of rotatable bonds is 2. The number of amides is 2. The number of benzene rings is 1. The van der Waals surface area contributed by atoms with Crippen LogP contribution in [0.4, 0.5) is 5.69 Å². The maximum absolute atomic E-state index is 11.6. The fraction of sp³-hybridized carbons (Fsp3) is 0.467. The molecule has 0 aromatic heterocycles. The molecule has 19 heavy (non-hydrogen) atoms. The Balaban J connectivity index is 2.68. The van der Waals surface area contributed by atoms with Crippen LogP contribution in [0.15, 0.2) is 24.3 Å². The number of hydrogen-bond donors (Lipinski definition) is 2. The van der Waals surface area contributed by atoms with Gasteiger partial charge in [0.2, 0.25) is 0 Å². The molecule has 0 aliphatic carbocycles. The molecule has 0 saturated heterocycles. The monoisotopic (exact) mass is 262 g/mol. The largest absolute Gasteiger partial charge is 0.346 e. The van der Waals surface area contributed by atoms with Crippen LogP contribution < -0.4 is 10.6 Å². The molecule has 1 aromatic rings. The lowest BCUT2D eigenvalue weighted by atomic mass is 9.87. The first-order chi connectivity index (χ1) is 8.70. The Morgan fingerprint density at radius 3 is 1.95 bits per heavy atom. The zero-order chi connectivity index (χ0) is 14.6. The van der Waals surface area contributed by atoms with Gasteiger partial charge in [-0.1, -0.05) is 32.9 Å². The zero-order valence-corrected chi connectivity index (χ0v) is 12.2. The van der Waals surface area contributed by atoms with Gasteiger partial charge in [0.25, 0.3) is 0 Å². The van der Waals surface area contributed by atoms with Crippen molar-refractivity contribution < 1.29 is 9.59 Å². The van der Waals surface area contributed by atoms with Crippen LogP contribution in [-0.2, 0) is 15.0 Å². The molecule has 0 bridgehead atoms. The van der Waals surface area contributed by atoms with E-state index in [0.717, 1.165) is 0 Å². The Morgan fingerprint density at radius 1 is 1.00 bits per heavy atom. The van der Waals surface area contributed by atoms with Crippen molar-refractivity contribution >= 4 is 17.5 Å². The number of nitrogens with one attached hydrogen (secondary N) is 2. The van der Waals surface area contributed by atoms with Gasteiger partial charge < -0.3 is 10.6 Å². The second kappa shape index (κ2) is 5.87. The number of anilines is 1. The van der Waals surface area contributed by atoms with E-state index in [1.54, 1.807) is 12.1 Å². The fourth-order valence-corrected chi connectivity index (χ4v) is 1.57. The number of hydrogen-bond acceptors (Lipinski definition) is 2. The highest BCUT2D eigenvalue weighted by molar-refractivity contribution is 6.39. The van der Waals surface area contributed by atoms with Crippen molar-refractivity contribution in [3.8, 4) is 0 Å². The molecule has 1 aromatic carbocycles. The summed E-state index contributed by atoms with van der Waals surface area (Å²) in [4.78, 5) is 23.1. The quantitative estimate of drug-likeness (QED) is 0.804. The van der Waals surface area contributed by atoms with Gasteiger partial charge >= 0.3 is 11.8 Å². The third-order valence-electron chi connectivity index (χ3n) is 2.63. The van der Waals surface area contributed by atoms with Gasteiger partial charge in [0.1, 0.15) is 0 Å². The highest BCUT2D eigenvalue weighted by Gasteiger charge is 2.16. The van der Waals surface area contributed by atoms with Gasteiger partial charge in [-0.05, 0) is 37.0 Å². The van der Waals surface area contributed by atoms with Crippen molar-refractivity contribution in [1.29, 1.82) is 0 Å². The van der Waals surface area contributed by atoms with Gasteiger partial charge in [0.05, 0.1) is 0 Å². The second-order valence-corrected chi connectivity index (χ2v) is 5.91. The molecule has 2 amide bonds. The molecule has 0 spiro atoms. The van der Waals surface area contributed by atoms with Crippen molar-refractivity contribution in [2.45, 2.75) is 46.1 Å². The summed E-state index contributed by atoms with van der Waals surface area (Å²) in [7, 11) is 0. The molecule has 0 aliphatic heterocycles. The van der Waals surface area contributed by atoms with E-state index in [4.69, 9.17) is 0 Å². The molecule has 0 heterocycles. The predicted octanol–water partition coefficient (Wildman–Crippen LogP) is 2.45. The van der Waals surface area contributed by atoms with E-state index < -0.39 is 11.8 Å². The molecule has 1 rings (SSSR count). The zero-order valence-electron chi connectivity index (χ0n) is 12.2. The van der Waals surface area contributed by atoms with Gasteiger partial charge in [-0.15, -0.1) is 0 Å². The molecular weight excluding hydrogens is 240 g/mol. The van der Waals surface area contributed by atoms with Crippen molar-refractivity contribution in [3.63, 3.8) is 0 Å². The van der Waals surface area contributed by atoms with Crippen molar-refractivity contribution in [3.05, 3.63) is 29.8 Å². The maximum atomic E-state index is 11.6. The molecule has 0 aliphatic rings. The summed E-state index contributed by atoms with van der Waals surface area (Å²) in [5, 5.41) is 5.12. The number of carbonyl (C=O) groups excluding carboxylic acids is 2. The molecule has 2 N–H and O–H groups in total. The van der Waals surface area contributed by atoms with Crippen LogP contribution in [0.2, 0.25) is 0 Å². The first-order valence-electron chi connectivity index (χ1n) is 6.42. The van der Waals surface area contributed by atoms with Crippen LogP contribution >= 0.6 is 0 Å². The summed E-state index contributed by atoms with van der Waals surface area (Å²) in [6.07, 6.45) is 0. The topological polar surface area (TPSA) is 58.2 Å². The summed E-state index contributed by atoms with van der Waals surface area (Å²) in [6, 6.07) is 7.47. The maximum Gasteiger partial charge on any atom is 0.313 e. The number of carbonyl (C=O) groups is 2. The summed E-state index contributed by atoms with van der Waals surface area (Å²) in [5.74, 6) is -1.26. The third kappa shape index (κ3) is 4.73. The van der Waals surface area contributed by atoms with Gasteiger partial charge in [0.15, 0.2) is 0 Å². The Morgan fingerprint density at radius 2 is 1.53 bits per heavy atom. The summed E-state index contributed by atoms with van der Waals surface area (Å²) < 4.78 is 0. The van der Waals surface area contributed by atoms with Crippen molar-refractivity contribution in [1.82, 2.24) is 5.32 Å². The summed E-state index contributed by atoms with van der Waals surface area (Å²) in [6.45, 7) is 9.98. The highest BCUT2D eigenvalue weighted by Crippen LogP contribution is 2.23. The van der Waals surface area contributed by atoms with Crippen LogP contribution in [0, 0.1) is 0 Å². The summed E-state index contributed by atoms with van der Waals surface area (Å²) in [5.41, 5.74) is 1.87. The molecule has 0 atom stereocenters. The molecule has 104 valence electrons. The van der Waals surface area contributed by atoms with Gasteiger partial charge in [-0.25, -0.2) is 0 Å². The van der Waals surface area contributed by atoms with E-state index in [0.29, 0.717) is 5.69 Å². The van der Waals surface area contributed by atoms with Crippen molar-refractivity contribution in [2.24, 2.45) is 0 Å². The molecule has 0 saturated carbocycles. The molecular formula is C15H22N2O2. The lowest BCUT2D eigenvalue weighted by Crippen LogP contribution is -2.39. The Hall–Kier alpha value is -1.84. The van der Waals surface area contributed by atoms with E-state index in [1.165, 1.54) is 5.56 Å². The van der Waals surface area contributed by atoms with E-state index >= 15 is 0 Å². The standard InChI is InChI=1S/C15H22N2O2/c1-10(2)16-13(18)14(19)17-12-8-6-11(7-9-12)15(3,4)5/h6-10H,1-5H3,(H,16,18)(H,17,19). The SMILES string of the molecule is CC(C)NC(=O)C(=O)Nc1ccc(C(C)(C)C)cc1. The smallest absolute Gasteiger partial charge is 0.313 e. The van der Waals surface area contributed by atoms with Crippen molar-refractivity contribution in [2.75, 3.05) is 5.32 Å².